The van der Waals surface area contributed by atoms with Gasteiger partial charge in [0.05, 0.1) is 17.6 Å². The van der Waals surface area contributed by atoms with Crippen LogP contribution in [0.15, 0.2) is 197 Å². The van der Waals surface area contributed by atoms with Crippen molar-refractivity contribution < 1.29 is 0 Å². The molecule has 18 nitrogen and oxygen atoms in total. The first kappa shape index (κ1) is 89.0. The highest BCUT2D eigenvalue weighted by Crippen LogP contribution is 2.25. The van der Waals surface area contributed by atoms with Gasteiger partial charge in [-0.3, -0.25) is 24.9 Å². The lowest BCUT2D eigenvalue weighted by atomic mass is 9.88. The first-order chi connectivity index (χ1) is 46.1. The summed E-state index contributed by atoms with van der Waals surface area (Å²) in [6.45, 7) is 64.2. The van der Waals surface area contributed by atoms with Gasteiger partial charge in [0.1, 0.15) is 37.0 Å². The van der Waals surface area contributed by atoms with E-state index in [9.17, 15) is 0 Å². The van der Waals surface area contributed by atoms with Crippen LogP contribution in [0.2, 0.25) is 0 Å². The summed E-state index contributed by atoms with van der Waals surface area (Å²) < 4.78 is 0. The molecule has 10 rings (SSSR count). The zero-order valence-corrected chi connectivity index (χ0v) is 66.5. The third-order valence-electron chi connectivity index (χ3n) is 13.8. The molecule has 18 heteroatoms. The SMILES string of the molecule is CC(C)(C)c1ccccn1.CC(C)(C)c1cccnc1.CC(C)(C)c1cccnn1.CC(C)(C)c1ccncc1.CC(C)(C)c1ccncn1.CC(C)(C)c1ccnnc1.CC(C)(C)c1cnccn1.CC(C)(C)c1cncnc1.CC(C)(C)c1ncccn1.CC(C)(C)c1ncncn1. The molecule has 0 aromatic carbocycles. The van der Waals surface area contributed by atoms with Gasteiger partial charge < -0.3 is 0 Å². The normalized spacial score (nSPS) is 11.5. The maximum Gasteiger partial charge on any atom is 0.137 e. The van der Waals surface area contributed by atoms with Gasteiger partial charge >= 0.3 is 0 Å². The monoisotopic (exact) mass is 1360 g/mol. The van der Waals surface area contributed by atoms with E-state index in [2.05, 4.69) is 322 Å². The van der Waals surface area contributed by atoms with Crippen molar-refractivity contribution in [3.05, 3.63) is 254 Å². The van der Waals surface area contributed by atoms with E-state index in [1.54, 1.807) is 74.6 Å². The van der Waals surface area contributed by atoms with Gasteiger partial charge in [-0.25, -0.2) is 44.9 Å². The summed E-state index contributed by atoms with van der Waals surface area (Å²) >= 11 is 0. The fourth-order valence-electron chi connectivity index (χ4n) is 7.32. The van der Waals surface area contributed by atoms with Crippen molar-refractivity contribution in [1.82, 2.24) is 90.2 Å². The molecule has 0 N–H and O–H groups in total. The molecule has 540 valence electrons. The molecule has 10 heterocycles. The van der Waals surface area contributed by atoms with E-state index in [-0.39, 0.29) is 54.1 Å². The quantitative estimate of drug-likeness (QED) is 0.137. The van der Waals surface area contributed by atoms with E-state index in [0.29, 0.717) is 0 Å². The van der Waals surface area contributed by atoms with Crippen LogP contribution in [0.25, 0.3) is 0 Å². The Bertz CT molecular complexity index is 2800. The molecule has 0 aliphatic heterocycles. The lowest BCUT2D eigenvalue weighted by Crippen LogP contribution is -2.15. The molecule has 10 aromatic rings. The number of hydrogen-bond donors (Lipinski definition) is 0. The van der Waals surface area contributed by atoms with Gasteiger partial charge in [0, 0.05) is 137 Å². The third kappa shape index (κ3) is 40.1. The molecule has 0 saturated heterocycles. The van der Waals surface area contributed by atoms with Gasteiger partial charge in [-0.05, 0) is 105 Å². The van der Waals surface area contributed by atoms with Crippen molar-refractivity contribution in [3.8, 4) is 0 Å². The summed E-state index contributed by atoms with van der Waals surface area (Å²) in [4.78, 5) is 56.4. The van der Waals surface area contributed by atoms with Crippen LogP contribution in [-0.4, -0.2) is 90.2 Å². The van der Waals surface area contributed by atoms with E-state index in [1.165, 1.54) is 34.9 Å². The summed E-state index contributed by atoms with van der Waals surface area (Å²) in [7, 11) is 0. The number of nitrogens with zero attached hydrogens (tertiary/aromatic N) is 18. The summed E-state index contributed by atoms with van der Waals surface area (Å²) in [6.07, 6.45) is 34.9. The van der Waals surface area contributed by atoms with E-state index in [1.807, 2.05) is 85.7 Å². The second-order valence-electron chi connectivity index (χ2n) is 33.8. The highest BCUT2D eigenvalue weighted by atomic mass is 15.1. The van der Waals surface area contributed by atoms with E-state index >= 15 is 0 Å². The summed E-state index contributed by atoms with van der Waals surface area (Å²) in [5.74, 6) is 1.73. The Morgan fingerprint density at radius 3 is 0.920 bits per heavy atom. The van der Waals surface area contributed by atoms with Crippen molar-refractivity contribution in [2.45, 2.75) is 262 Å². The highest BCUT2D eigenvalue weighted by molar-refractivity contribution is 5.20. The molecule has 0 saturated carbocycles. The van der Waals surface area contributed by atoms with Gasteiger partial charge in [-0.15, -0.1) is 0 Å². The summed E-state index contributed by atoms with van der Waals surface area (Å²) in [6, 6.07) is 23.9. The zero-order chi connectivity index (χ0) is 76.1. The average molecular weight is 1360 g/mol. The molecule has 0 unspecified atom stereocenters. The van der Waals surface area contributed by atoms with Crippen LogP contribution in [-0.2, 0) is 54.1 Å². The van der Waals surface area contributed by atoms with Crippen molar-refractivity contribution in [2.75, 3.05) is 0 Å². The van der Waals surface area contributed by atoms with Gasteiger partial charge in [0.2, 0.25) is 0 Å². The Hall–Kier alpha value is -9.06. The Balaban J connectivity index is 0.000000556. The second kappa shape index (κ2) is 41.5. The second-order valence-corrected chi connectivity index (χ2v) is 33.8. The van der Waals surface area contributed by atoms with Gasteiger partial charge in [-0.2, -0.15) is 20.4 Å². The van der Waals surface area contributed by atoms with Crippen molar-refractivity contribution >= 4 is 0 Å². The van der Waals surface area contributed by atoms with Crippen LogP contribution in [0.4, 0.5) is 0 Å². The first-order valence-electron chi connectivity index (χ1n) is 34.0. The van der Waals surface area contributed by atoms with Crippen LogP contribution in [0.5, 0.6) is 0 Å². The Morgan fingerprint density at radius 1 is 0.190 bits per heavy atom. The molecule has 0 aliphatic rings. The maximum absolute atomic E-state index is 4.25. The zero-order valence-electron chi connectivity index (χ0n) is 66.5. The van der Waals surface area contributed by atoms with E-state index < -0.39 is 0 Å². The number of pyridine rings is 3. The molecular weight excluding hydrogens is 1240 g/mol. The van der Waals surface area contributed by atoms with Crippen LogP contribution >= 0.6 is 0 Å². The lowest BCUT2D eigenvalue weighted by Gasteiger charge is -2.17. The van der Waals surface area contributed by atoms with Crippen LogP contribution in [0.1, 0.15) is 264 Å². The largest absolute Gasteiger partial charge is 0.265 e. The minimum atomic E-state index is 0.0307. The molecule has 0 bridgehead atoms. The average Bonchev–Trinajstić information content (AvgIpc) is 1.11. The predicted molar refractivity (Wildman–Crippen MR) is 412 cm³/mol. The fraction of sp³-hybridized carbons (Fsp3) is 0.488. The van der Waals surface area contributed by atoms with Gasteiger partial charge in [-0.1, -0.05) is 220 Å². The standard InChI is InChI=1S/3C9H13N.6C8H12N2.C7H11N3/c1-9(2,3)8-4-6-10-7-5-8;1-9(2,3)8-5-4-6-10-7-8;1-9(2,3)8-6-4-5-7-10-8;1-8(2,3)7-4-9-6-10-5-7;1-8(2,3)7-6-9-4-5-10-7;1-8(2,3)7-4-5-9-6-10-7;1-8(2,3)7-4-5-9-10-6-7;1-8(2,3)7-9-5-4-6-10-7;1-8(2,3)7-5-4-6-9-10-7;1-7(2,3)6-9-4-8-5-10-6/h3*4-7H,1-3H3;6*4-6H,1-3H3;4-5H,1-3H3. The van der Waals surface area contributed by atoms with Crippen molar-refractivity contribution in [1.29, 1.82) is 0 Å². The smallest absolute Gasteiger partial charge is 0.137 e. The van der Waals surface area contributed by atoms with Crippen LogP contribution in [0, 0.1) is 0 Å². The Kier molecular flexibility index (Phi) is 36.9. The molecule has 0 aliphatic carbocycles. The minimum absolute atomic E-state index is 0.0307. The van der Waals surface area contributed by atoms with Crippen LogP contribution in [0.3, 0.4) is 0 Å². The molecule has 0 radical (unpaired) electrons. The molecular formula is C82H122N18. The van der Waals surface area contributed by atoms with Crippen LogP contribution < -0.4 is 0 Å². The topological polar surface area (TPSA) is 232 Å². The molecule has 0 atom stereocenters. The first-order valence-corrected chi connectivity index (χ1v) is 34.0. The van der Waals surface area contributed by atoms with E-state index in [4.69, 9.17) is 0 Å². The molecule has 100 heavy (non-hydrogen) atoms. The van der Waals surface area contributed by atoms with Gasteiger partial charge in [0.15, 0.2) is 0 Å². The minimum Gasteiger partial charge on any atom is -0.265 e. The van der Waals surface area contributed by atoms with Crippen molar-refractivity contribution in [2.24, 2.45) is 0 Å². The highest BCUT2D eigenvalue weighted by Gasteiger charge is 2.20. The van der Waals surface area contributed by atoms with Gasteiger partial charge in [0.25, 0.3) is 0 Å². The fourth-order valence-corrected chi connectivity index (χ4v) is 7.32. The number of aromatic nitrogens is 18. The lowest BCUT2D eigenvalue weighted by molar-refractivity contribution is 0.541. The third-order valence-corrected chi connectivity index (χ3v) is 13.8. The molecule has 0 fully saturated rings. The predicted octanol–water partition coefficient (Wildman–Crippen LogP) is 19.0. The summed E-state index contributed by atoms with van der Waals surface area (Å²) in [5, 5.41) is 15.3. The molecule has 10 aromatic heterocycles. The maximum atomic E-state index is 4.25. The Morgan fingerprint density at radius 2 is 0.620 bits per heavy atom. The molecule has 0 amide bonds. The van der Waals surface area contributed by atoms with Crippen molar-refractivity contribution in [3.63, 3.8) is 0 Å². The Labute approximate surface area is 602 Å². The summed E-state index contributed by atoms with van der Waals surface area (Å²) in [5.41, 5.74) is 10.8. The molecule has 0 spiro atoms. The number of rotatable bonds is 0. The van der Waals surface area contributed by atoms with E-state index in [0.717, 1.165) is 34.4 Å². The number of hydrogen-bond acceptors (Lipinski definition) is 18.